The van der Waals surface area contributed by atoms with Gasteiger partial charge in [-0.1, -0.05) is 28.1 Å². The minimum Gasteiger partial charge on any atom is -0.325 e. The third-order valence-electron chi connectivity index (χ3n) is 3.21. The van der Waals surface area contributed by atoms with Crippen LogP contribution < -0.4 is 10.6 Å². The molecule has 1 aromatic heterocycles. The van der Waals surface area contributed by atoms with Crippen molar-refractivity contribution in [3.05, 3.63) is 58.3 Å². The van der Waals surface area contributed by atoms with E-state index in [4.69, 9.17) is 0 Å². The summed E-state index contributed by atoms with van der Waals surface area (Å²) in [5, 5.41) is 5.80. The summed E-state index contributed by atoms with van der Waals surface area (Å²) in [5.41, 5.74) is 1.18. The zero-order valence-corrected chi connectivity index (χ0v) is 14.0. The van der Waals surface area contributed by atoms with Crippen LogP contribution in [0.1, 0.15) is 30.6 Å². The van der Waals surface area contributed by atoms with Crippen LogP contribution in [0.5, 0.6) is 0 Å². The molecule has 122 valence electrons. The van der Waals surface area contributed by atoms with Gasteiger partial charge >= 0.3 is 0 Å². The summed E-state index contributed by atoms with van der Waals surface area (Å²) < 4.78 is 25.8. The molecule has 0 aliphatic rings. The normalized spacial score (nSPS) is 12.2. The third-order valence-corrected chi connectivity index (χ3v) is 3.70. The van der Waals surface area contributed by atoms with Crippen LogP contribution in [0, 0.1) is 0 Å². The molecule has 0 saturated carbocycles. The Balaban J connectivity index is 1.85. The standard InChI is InChI=1S/C16H16BrF2N3O/c1-10(11-5-6-14(16(18)19)21-8-11)20-9-15(23)22-13-4-2-3-12(17)7-13/h2-8,10,16,20H,9H2,1H3,(H,22,23). The second kappa shape index (κ2) is 8.12. The number of alkyl halides is 2. The van der Waals surface area contributed by atoms with Crippen molar-refractivity contribution >= 4 is 27.5 Å². The molecule has 23 heavy (non-hydrogen) atoms. The smallest absolute Gasteiger partial charge is 0.280 e. The summed E-state index contributed by atoms with van der Waals surface area (Å²) >= 11 is 3.33. The predicted molar refractivity (Wildman–Crippen MR) is 88.4 cm³/mol. The van der Waals surface area contributed by atoms with E-state index in [-0.39, 0.29) is 24.2 Å². The van der Waals surface area contributed by atoms with Gasteiger partial charge in [-0.15, -0.1) is 0 Å². The molecular formula is C16H16BrF2N3O. The lowest BCUT2D eigenvalue weighted by molar-refractivity contribution is -0.115. The van der Waals surface area contributed by atoms with Crippen LogP contribution in [-0.2, 0) is 4.79 Å². The maximum absolute atomic E-state index is 12.5. The van der Waals surface area contributed by atoms with Gasteiger partial charge in [0.15, 0.2) is 0 Å². The Bertz CT molecular complexity index is 665. The van der Waals surface area contributed by atoms with Gasteiger partial charge < -0.3 is 10.6 Å². The van der Waals surface area contributed by atoms with E-state index < -0.39 is 6.43 Å². The van der Waals surface area contributed by atoms with Crippen molar-refractivity contribution in [1.29, 1.82) is 0 Å². The van der Waals surface area contributed by atoms with Crippen LogP contribution in [0.4, 0.5) is 14.5 Å². The maximum atomic E-state index is 12.5. The van der Waals surface area contributed by atoms with E-state index >= 15 is 0 Å². The van der Waals surface area contributed by atoms with Crippen molar-refractivity contribution in [1.82, 2.24) is 10.3 Å². The SMILES string of the molecule is CC(NCC(=O)Nc1cccc(Br)c1)c1ccc(C(F)F)nc1. The summed E-state index contributed by atoms with van der Waals surface area (Å²) in [6.07, 6.45) is -1.19. The number of pyridine rings is 1. The topological polar surface area (TPSA) is 54.0 Å². The monoisotopic (exact) mass is 383 g/mol. The molecule has 1 unspecified atom stereocenters. The molecule has 0 saturated heterocycles. The molecule has 1 heterocycles. The zero-order valence-electron chi connectivity index (χ0n) is 12.4. The van der Waals surface area contributed by atoms with Crippen LogP contribution >= 0.6 is 15.9 Å². The number of carbonyl (C=O) groups is 1. The Morgan fingerprint density at radius 2 is 2.09 bits per heavy atom. The molecule has 1 amide bonds. The van der Waals surface area contributed by atoms with Crippen LogP contribution in [-0.4, -0.2) is 17.4 Å². The van der Waals surface area contributed by atoms with E-state index in [1.807, 2.05) is 19.1 Å². The summed E-state index contributed by atoms with van der Waals surface area (Å²) in [4.78, 5) is 15.6. The first-order chi connectivity index (χ1) is 11.0. The van der Waals surface area contributed by atoms with Crippen LogP contribution in [0.3, 0.4) is 0 Å². The lowest BCUT2D eigenvalue weighted by Crippen LogP contribution is -2.30. The Morgan fingerprint density at radius 3 is 2.70 bits per heavy atom. The number of hydrogen-bond donors (Lipinski definition) is 2. The van der Waals surface area contributed by atoms with Crippen molar-refractivity contribution in [2.75, 3.05) is 11.9 Å². The van der Waals surface area contributed by atoms with Gasteiger partial charge in [0.05, 0.1) is 6.54 Å². The average molecular weight is 384 g/mol. The molecule has 2 rings (SSSR count). The molecule has 4 nitrogen and oxygen atoms in total. The molecule has 7 heteroatoms. The van der Waals surface area contributed by atoms with Gasteiger partial charge in [-0.2, -0.15) is 0 Å². The quantitative estimate of drug-likeness (QED) is 0.790. The lowest BCUT2D eigenvalue weighted by atomic mass is 10.1. The lowest BCUT2D eigenvalue weighted by Gasteiger charge is -2.14. The fraction of sp³-hybridized carbons (Fsp3) is 0.250. The first-order valence-corrected chi connectivity index (χ1v) is 7.78. The highest BCUT2D eigenvalue weighted by molar-refractivity contribution is 9.10. The number of aromatic nitrogens is 1. The summed E-state index contributed by atoms with van der Waals surface area (Å²) in [6, 6.07) is 9.98. The van der Waals surface area contributed by atoms with Crippen LogP contribution in [0.25, 0.3) is 0 Å². The second-order valence-corrected chi connectivity index (χ2v) is 5.89. The van der Waals surface area contributed by atoms with Gasteiger partial charge in [0.25, 0.3) is 6.43 Å². The number of carbonyl (C=O) groups excluding carboxylic acids is 1. The molecule has 1 atom stereocenters. The van der Waals surface area contributed by atoms with E-state index in [9.17, 15) is 13.6 Å². The van der Waals surface area contributed by atoms with E-state index in [1.54, 1.807) is 18.2 Å². The van der Waals surface area contributed by atoms with Gasteiger partial charge in [0.2, 0.25) is 5.91 Å². The summed E-state index contributed by atoms with van der Waals surface area (Å²) in [7, 11) is 0. The zero-order chi connectivity index (χ0) is 16.8. The number of nitrogens with zero attached hydrogens (tertiary/aromatic N) is 1. The summed E-state index contributed by atoms with van der Waals surface area (Å²) in [6.45, 7) is 1.94. The Hall–Kier alpha value is -1.86. The van der Waals surface area contributed by atoms with Crippen molar-refractivity contribution in [2.24, 2.45) is 0 Å². The molecule has 2 N–H and O–H groups in total. The molecule has 0 aliphatic carbocycles. The predicted octanol–water partition coefficient (Wildman–Crippen LogP) is 4.07. The number of rotatable bonds is 6. The van der Waals surface area contributed by atoms with Gasteiger partial charge in [-0.25, -0.2) is 8.78 Å². The van der Waals surface area contributed by atoms with Gasteiger partial charge in [0, 0.05) is 22.4 Å². The average Bonchev–Trinajstić information content (AvgIpc) is 2.52. The van der Waals surface area contributed by atoms with Crippen molar-refractivity contribution < 1.29 is 13.6 Å². The molecule has 0 radical (unpaired) electrons. The van der Waals surface area contributed by atoms with Gasteiger partial charge in [0.1, 0.15) is 5.69 Å². The number of amides is 1. The van der Waals surface area contributed by atoms with Gasteiger partial charge in [-0.05, 0) is 36.8 Å². The Morgan fingerprint density at radius 1 is 1.30 bits per heavy atom. The van der Waals surface area contributed by atoms with Crippen LogP contribution in [0.15, 0.2) is 47.1 Å². The molecule has 1 aromatic carbocycles. The number of hydrogen-bond acceptors (Lipinski definition) is 3. The first-order valence-electron chi connectivity index (χ1n) is 6.98. The van der Waals surface area contributed by atoms with Crippen molar-refractivity contribution in [2.45, 2.75) is 19.4 Å². The molecule has 0 aliphatic heterocycles. The third kappa shape index (κ3) is 5.37. The summed E-state index contributed by atoms with van der Waals surface area (Å²) in [5.74, 6) is -0.188. The molecule has 0 bridgehead atoms. The van der Waals surface area contributed by atoms with E-state index in [2.05, 4.69) is 31.5 Å². The number of anilines is 1. The van der Waals surface area contributed by atoms with Gasteiger partial charge in [-0.3, -0.25) is 9.78 Å². The highest BCUT2D eigenvalue weighted by Gasteiger charge is 2.11. The number of benzene rings is 1. The minimum absolute atomic E-state index is 0.101. The van der Waals surface area contributed by atoms with E-state index in [0.717, 1.165) is 10.0 Å². The maximum Gasteiger partial charge on any atom is 0.280 e. The van der Waals surface area contributed by atoms with E-state index in [0.29, 0.717) is 5.69 Å². The molecular weight excluding hydrogens is 368 g/mol. The fourth-order valence-corrected chi connectivity index (χ4v) is 2.34. The fourth-order valence-electron chi connectivity index (χ4n) is 1.94. The van der Waals surface area contributed by atoms with Crippen molar-refractivity contribution in [3.63, 3.8) is 0 Å². The molecule has 0 spiro atoms. The van der Waals surface area contributed by atoms with Crippen molar-refractivity contribution in [3.8, 4) is 0 Å². The Labute approximate surface area is 141 Å². The highest BCUT2D eigenvalue weighted by Crippen LogP contribution is 2.18. The largest absolute Gasteiger partial charge is 0.325 e. The molecule has 0 fully saturated rings. The molecule has 2 aromatic rings. The van der Waals surface area contributed by atoms with E-state index in [1.165, 1.54) is 12.3 Å². The number of nitrogens with one attached hydrogen (secondary N) is 2. The minimum atomic E-state index is -2.58. The first kappa shape index (κ1) is 17.5. The number of halogens is 3. The van der Waals surface area contributed by atoms with Crippen LogP contribution in [0.2, 0.25) is 0 Å². The second-order valence-electron chi connectivity index (χ2n) is 4.98. The highest BCUT2D eigenvalue weighted by atomic mass is 79.9. The Kier molecular flexibility index (Phi) is 6.18.